The molecule has 4 rings (SSSR count). The number of tetrazole rings is 1. The summed E-state index contributed by atoms with van der Waals surface area (Å²) in [6, 6.07) is 19.0. The van der Waals surface area contributed by atoms with Crippen LogP contribution in [0.4, 0.5) is 5.69 Å². The number of rotatable bonds is 5. The number of para-hydroxylation sites is 1. The van der Waals surface area contributed by atoms with E-state index < -0.39 is 0 Å². The number of hydrogen-bond acceptors (Lipinski definition) is 4. The number of benzene rings is 2. The summed E-state index contributed by atoms with van der Waals surface area (Å²) in [5.74, 6) is 1.42. The van der Waals surface area contributed by atoms with Crippen molar-refractivity contribution in [3.05, 3.63) is 66.0 Å². The van der Waals surface area contributed by atoms with Gasteiger partial charge in [-0.3, -0.25) is 0 Å². The Kier molecular flexibility index (Phi) is 4.92. The minimum absolute atomic E-state index is 0.236. The Labute approximate surface area is 160 Å². The molecule has 140 valence electrons. The minimum Gasteiger partial charge on any atom is -0.373 e. The van der Waals surface area contributed by atoms with Crippen LogP contribution in [0.15, 0.2) is 54.6 Å². The number of nitrogens with zero attached hydrogens (tertiary/aromatic N) is 4. The van der Waals surface area contributed by atoms with Gasteiger partial charge in [0.2, 0.25) is 0 Å². The molecule has 0 atom stereocenters. The SMILES string of the molecule is CC(C)c1ccc(-n2nnnc2C2(Nc3ccccc3)CCCCC2)cc1. The molecule has 0 spiro atoms. The largest absolute Gasteiger partial charge is 0.373 e. The number of nitrogens with one attached hydrogen (secondary N) is 1. The molecule has 1 fully saturated rings. The molecule has 2 aromatic carbocycles. The van der Waals surface area contributed by atoms with Gasteiger partial charge in [-0.25, -0.2) is 0 Å². The van der Waals surface area contributed by atoms with Crippen LogP contribution in [0, 0.1) is 0 Å². The van der Waals surface area contributed by atoms with Gasteiger partial charge in [-0.2, -0.15) is 4.68 Å². The fourth-order valence-corrected chi connectivity index (χ4v) is 4.02. The molecule has 1 saturated carbocycles. The molecule has 0 amide bonds. The van der Waals surface area contributed by atoms with Crippen molar-refractivity contribution >= 4 is 5.69 Å². The van der Waals surface area contributed by atoms with Gasteiger partial charge < -0.3 is 5.32 Å². The van der Waals surface area contributed by atoms with E-state index in [2.05, 4.69) is 83.2 Å². The molecule has 5 nitrogen and oxygen atoms in total. The standard InChI is InChI=1S/C22H27N5/c1-17(2)18-11-13-20(14-12-18)27-21(24-25-26-27)22(15-7-4-8-16-22)23-19-9-5-3-6-10-19/h3,5-6,9-14,17,23H,4,7-8,15-16H2,1-2H3. The number of hydrogen-bond donors (Lipinski definition) is 1. The Morgan fingerprint density at radius 3 is 2.30 bits per heavy atom. The molecular weight excluding hydrogens is 334 g/mol. The zero-order valence-electron chi connectivity index (χ0n) is 16.1. The fraction of sp³-hybridized carbons (Fsp3) is 0.409. The lowest BCUT2D eigenvalue weighted by atomic mass is 9.80. The lowest BCUT2D eigenvalue weighted by Crippen LogP contribution is -2.40. The van der Waals surface area contributed by atoms with Crippen molar-refractivity contribution in [1.82, 2.24) is 20.2 Å². The fourth-order valence-electron chi connectivity index (χ4n) is 4.02. The average molecular weight is 361 g/mol. The normalized spacial score (nSPS) is 16.4. The lowest BCUT2D eigenvalue weighted by molar-refractivity contribution is 0.309. The van der Waals surface area contributed by atoms with Gasteiger partial charge in [-0.1, -0.05) is 63.4 Å². The molecule has 1 aliphatic rings. The highest BCUT2D eigenvalue weighted by Crippen LogP contribution is 2.39. The van der Waals surface area contributed by atoms with Gasteiger partial charge >= 0.3 is 0 Å². The molecular formula is C22H27N5. The van der Waals surface area contributed by atoms with E-state index in [9.17, 15) is 0 Å². The summed E-state index contributed by atoms with van der Waals surface area (Å²) < 4.78 is 1.91. The molecule has 1 heterocycles. The average Bonchev–Trinajstić information content (AvgIpc) is 3.20. The third-order valence-corrected chi connectivity index (χ3v) is 5.57. The van der Waals surface area contributed by atoms with Gasteiger partial charge in [-0.15, -0.1) is 5.10 Å². The van der Waals surface area contributed by atoms with Gasteiger partial charge in [0.25, 0.3) is 0 Å². The zero-order valence-corrected chi connectivity index (χ0v) is 16.1. The van der Waals surface area contributed by atoms with Crippen LogP contribution >= 0.6 is 0 Å². The van der Waals surface area contributed by atoms with Crippen molar-refractivity contribution in [1.29, 1.82) is 0 Å². The predicted octanol–water partition coefficient (Wildman–Crippen LogP) is 5.06. The van der Waals surface area contributed by atoms with Crippen molar-refractivity contribution in [3.8, 4) is 5.69 Å². The summed E-state index contributed by atoms with van der Waals surface area (Å²) in [7, 11) is 0. The summed E-state index contributed by atoms with van der Waals surface area (Å²) in [6.45, 7) is 4.41. The van der Waals surface area contributed by atoms with Gasteiger partial charge in [0.15, 0.2) is 5.82 Å². The molecule has 1 N–H and O–H groups in total. The molecule has 0 radical (unpaired) electrons. The zero-order chi connectivity index (χ0) is 18.7. The van der Waals surface area contributed by atoms with Crippen LogP contribution in [0.5, 0.6) is 0 Å². The molecule has 0 bridgehead atoms. The van der Waals surface area contributed by atoms with Gasteiger partial charge in [0, 0.05) is 5.69 Å². The van der Waals surface area contributed by atoms with Gasteiger partial charge in [0.05, 0.1) is 11.2 Å². The van der Waals surface area contributed by atoms with Crippen LogP contribution in [0.3, 0.4) is 0 Å². The van der Waals surface area contributed by atoms with E-state index in [4.69, 9.17) is 0 Å². The third kappa shape index (κ3) is 3.59. The first-order valence-corrected chi connectivity index (χ1v) is 9.90. The van der Waals surface area contributed by atoms with Crippen LogP contribution in [-0.4, -0.2) is 20.2 Å². The van der Waals surface area contributed by atoms with Crippen molar-refractivity contribution in [2.24, 2.45) is 0 Å². The first-order valence-electron chi connectivity index (χ1n) is 9.90. The van der Waals surface area contributed by atoms with E-state index in [1.54, 1.807) is 0 Å². The van der Waals surface area contributed by atoms with Gasteiger partial charge in [0.1, 0.15) is 0 Å². The maximum absolute atomic E-state index is 4.48. The molecule has 3 aromatic rings. The highest BCUT2D eigenvalue weighted by Gasteiger charge is 2.39. The van der Waals surface area contributed by atoms with E-state index in [-0.39, 0.29) is 5.54 Å². The van der Waals surface area contributed by atoms with Crippen molar-refractivity contribution in [2.45, 2.75) is 57.4 Å². The Balaban J connectivity index is 1.72. The molecule has 27 heavy (non-hydrogen) atoms. The Morgan fingerprint density at radius 1 is 0.926 bits per heavy atom. The Morgan fingerprint density at radius 2 is 1.63 bits per heavy atom. The van der Waals surface area contributed by atoms with Crippen LogP contribution in [0.2, 0.25) is 0 Å². The van der Waals surface area contributed by atoms with E-state index in [0.29, 0.717) is 5.92 Å². The number of anilines is 1. The van der Waals surface area contributed by atoms with Crippen LogP contribution in [0.25, 0.3) is 5.69 Å². The molecule has 5 heteroatoms. The molecule has 0 unspecified atom stereocenters. The quantitative estimate of drug-likeness (QED) is 0.690. The summed E-state index contributed by atoms with van der Waals surface area (Å²) in [5, 5.41) is 16.6. The van der Waals surface area contributed by atoms with E-state index >= 15 is 0 Å². The Hall–Kier alpha value is -2.69. The highest BCUT2D eigenvalue weighted by atomic mass is 15.6. The Bertz CT molecular complexity index is 861. The lowest BCUT2D eigenvalue weighted by Gasteiger charge is -2.37. The molecule has 1 aliphatic carbocycles. The van der Waals surface area contributed by atoms with Crippen molar-refractivity contribution in [3.63, 3.8) is 0 Å². The van der Waals surface area contributed by atoms with E-state index in [1.807, 2.05) is 10.7 Å². The third-order valence-electron chi connectivity index (χ3n) is 5.57. The predicted molar refractivity (Wildman–Crippen MR) is 108 cm³/mol. The number of aromatic nitrogens is 4. The van der Waals surface area contributed by atoms with Crippen molar-refractivity contribution < 1.29 is 0 Å². The van der Waals surface area contributed by atoms with Crippen LogP contribution in [-0.2, 0) is 5.54 Å². The summed E-state index contributed by atoms with van der Waals surface area (Å²) in [6.07, 6.45) is 5.69. The summed E-state index contributed by atoms with van der Waals surface area (Å²) in [4.78, 5) is 0. The van der Waals surface area contributed by atoms with Crippen LogP contribution < -0.4 is 5.32 Å². The van der Waals surface area contributed by atoms with Crippen LogP contribution in [0.1, 0.15) is 63.3 Å². The summed E-state index contributed by atoms with van der Waals surface area (Å²) in [5.41, 5.74) is 3.21. The van der Waals surface area contributed by atoms with Crippen molar-refractivity contribution in [2.75, 3.05) is 5.32 Å². The minimum atomic E-state index is -0.236. The monoisotopic (exact) mass is 361 g/mol. The van der Waals surface area contributed by atoms with E-state index in [0.717, 1.165) is 30.0 Å². The second-order valence-electron chi connectivity index (χ2n) is 7.79. The molecule has 0 aliphatic heterocycles. The summed E-state index contributed by atoms with van der Waals surface area (Å²) >= 11 is 0. The second-order valence-corrected chi connectivity index (χ2v) is 7.79. The maximum atomic E-state index is 4.48. The molecule has 1 aromatic heterocycles. The van der Waals surface area contributed by atoms with E-state index in [1.165, 1.54) is 24.8 Å². The maximum Gasteiger partial charge on any atom is 0.181 e. The second kappa shape index (κ2) is 7.51. The smallest absolute Gasteiger partial charge is 0.181 e. The van der Waals surface area contributed by atoms with Gasteiger partial charge in [-0.05, 0) is 59.0 Å². The highest BCUT2D eigenvalue weighted by molar-refractivity contribution is 5.47. The first-order chi connectivity index (χ1) is 13.2. The molecule has 0 saturated heterocycles. The topological polar surface area (TPSA) is 55.6 Å². The first kappa shape index (κ1) is 17.7.